The van der Waals surface area contributed by atoms with E-state index >= 15 is 0 Å². The number of sulfonamides is 1. The molecule has 1 atom stereocenters. The summed E-state index contributed by atoms with van der Waals surface area (Å²) < 4.78 is 30.8. The molecule has 0 aromatic carbocycles. The molecule has 0 bridgehead atoms. The fourth-order valence-corrected chi connectivity index (χ4v) is 3.61. The van der Waals surface area contributed by atoms with E-state index in [2.05, 4.69) is 5.16 Å². The van der Waals surface area contributed by atoms with Crippen molar-refractivity contribution in [1.29, 1.82) is 0 Å². The first-order chi connectivity index (χ1) is 8.45. The van der Waals surface area contributed by atoms with E-state index in [9.17, 15) is 8.42 Å². The number of nitrogens with zero attached hydrogens (tertiary/aromatic N) is 2. The Morgan fingerprint density at radius 3 is 2.83 bits per heavy atom. The molecule has 1 aliphatic heterocycles. The molecule has 5 nitrogen and oxygen atoms in total. The van der Waals surface area contributed by atoms with E-state index in [0.717, 1.165) is 24.3 Å². The van der Waals surface area contributed by atoms with E-state index in [4.69, 9.17) is 4.52 Å². The predicted octanol–water partition coefficient (Wildman–Crippen LogP) is 2.28. The molecule has 18 heavy (non-hydrogen) atoms. The molecule has 1 fully saturated rings. The van der Waals surface area contributed by atoms with Crippen LogP contribution < -0.4 is 0 Å². The minimum Gasteiger partial charge on any atom is -0.361 e. The zero-order chi connectivity index (χ0) is 13.3. The average Bonchev–Trinajstić information content (AvgIpc) is 2.97. The van der Waals surface area contributed by atoms with Crippen molar-refractivity contribution in [3.63, 3.8) is 0 Å². The predicted molar refractivity (Wildman–Crippen MR) is 68.7 cm³/mol. The lowest BCUT2D eigenvalue weighted by atomic mass is 10.1. The lowest BCUT2D eigenvalue weighted by molar-refractivity contribution is 0.338. The first-order valence-electron chi connectivity index (χ1n) is 6.41. The summed E-state index contributed by atoms with van der Waals surface area (Å²) in [5, 5.41) is 4.04. The molecule has 1 aromatic rings. The Hall–Kier alpha value is -0.880. The van der Waals surface area contributed by atoms with Crippen molar-refractivity contribution in [2.24, 2.45) is 0 Å². The van der Waals surface area contributed by atoms with Crippen molar-refractivity contribution in [3.8, 4) is 0 Å². The SMILES string of the molecule is CCS(=O)(=O)N1CCC[C@H]1c1cc(C(C)C)on1. The molecule has 0 radical (unpaired) electrons. The summed E-state index contributed by atoms with van der Waals surface area (Å²) in [6.45, 7) is 6.32. The van der Waals surface area contributed by atoms with Crippen LogP contribution in [0.3, 0.4) is 0 Å². The second-order valence-electron chi connectivity index (χ2n) is 4.98. The smallest absolute Gasteiger partial charge is 0.214 e. The topological polar surface area (TPSA) is 63.4 Å². The second kappa shape index (κ2) is 5.01. The third-order valence-corrected chi connectivity index (χ3v) is 5.26. The van der Waals surface area contributed by atoms with E-state index < -0.39 is 10.0 Å². The molecule has 0 saturated carbocycles. The highest BCUT2D eigenvalue weighted by atomic mass is 32.2. The molecule has 1 aliphatic rings. The minimum atomic E-state index is -3.15. The summed E-state index contributed by atoms with van der Waals surface area (Å²) in [6.07, 6.45) is 1.71. The van der Waals surface area contributed by atoms with Crippen LogP contribution in [0.2, 0.25) is 0 Å². The highest BCUT2D eigenvalue weighted by molar-refractivity contribution is 7.89. The maximum Gasteiger partial charge on any atom is 0.214 e. The molecule has 2 heterocycles. The van der Waals surface area contributed by atoms with Crippen LogP contribution in [0, 0.1) is 0 Å². The van der Waals surface area contributed by atoms with Crippen molar-refractivity contribution in [3.05, 3.63) is 17.5 Å². The van der Waals surface area contributed by atoms with Gasteiger partial charge < -0.3 is 4.52 Å². The van der Waals surface area contributed by atoms with Crippen LogP contribution in [0.4, 0.5) is 0 Å². The minimum absolute atomic E-state index is 0.137. The van der Waals surface area contributed by atoms with E-state index in [-0.39, 0.29) is 17.7 Å². The summed E-state index contributed by atoms with van der Waals surface area (Å²) >= 11 is 0. The van der Waals surface area contributed by atoms with E-state index in [0.29, 0.717) is 6.54 Å². The van der Waals surface area contributed by atoms with Gasteiger partial charge in [-0.25, -0.2) is 8.42 Å². The second-order valence-corrected chi connectivity index (χ2v) is 7.19. The summed E-state index contributed by atoms with van der Waals surface area (Å²) in [5.41, 5.74) is 0.744. The Morgan fingerprint density at radius 1 is 1.56 bits per heavy atom. The van der Waals surface area contributed by atoms with Crippen LogP contribution in [0.25, 0.3) is 0 Å². The van der Waals surface area contributed by atoms with Gasteiger partial charge in [0.1, 0.15) is 11.5 Å². The molecule has 0 amide bonds. The molecular formula is C12H20N2O3S. The van der Waals surface area contributed by atoms with Crippen molar-refractivity contribution in [2.75, 3.05) is 12.3 Å². The van der Waals surface area contributed by atoms with E-state index in [1.54, 1.807) is 11.2 Å². The summed E-state index contributed by atoms with van der Waals surface area (Å²) in [7, 11) is -3.15. The lowest BCUT2D eigenvalue weighted by Gasteiger charge is -2.21. The van der Waals surface area contributed by atoms with Gasteiger partial charge >= 0.3 is 0 Å². The van der Waals surface area contributed by atoms with Crippen LogP contribution >= 0.6 is 0 Å². The van der Waals surface area contributed by atoms with Crippen LogP contribution in [0.15, 0.2) is 10.6 Å². The van der Waals surface area contributed by atoms with Gasteiger partial charge in [-0.2, -0.15) is 4.31 Å². The molecule has 1 saturated heterocycles. The largest absolute Gasteiger partial charge is 0.361 e. The molecular weight excluding hydrogens is 252 g/mol. The van der Waals surface area contributed by atoms with Crippen LogP contribution in [0.1, 0.15) is 57.0 Å². The summed E-state index contributed by atoms with van der Waals surface area (Å²) in [6, 6.07) is 1.74. The van der Waals surface area contributed by atoms with Crippen molar-refractivity contribution >= 4 is 10.0 Å². The Kier molecular flexibility index (Phi) is 3.77. The van der Waals surface area contributed by atoms with Gasteiger partial charge in [-0.05, 0) is 19.8 Å². The lowest BCUT2D eigenvalue weighted by Crippen LogP contribution is -2.32. The number of aromatic nitrogens is 1. The third kappa shape index (κ3) is 2.44. The highest BCUT2D eigenvalue weighted by Crippen LogP contribution is 2.34. The van der Waals surface area contributed by atoms with Gasteiger partial charge in [0.15, 0.2) is 0 Å². The number of hydrogen-bond donors (Lipinski definition) is 0. The Labute approximate surface area is 108 Å². The van der Waals surface area contributed by atoms with Crippen molar-refractivity contribution < 1.29 is 12.9 Å². The standard InChI is InChI=1S/C12H20N2O3S/c1-4-18(15,16)14-7-5-6-11(14)10-8-12(9(2)3)17-13-10/h8-9,11H,4-7H2,1-3H3/t11-/m0/s1. The molecule has 0 spiro atoms. The average molecular weight is 272 g/mol. The van der Waals surface area contributed by atoms with Gasteiger partial charge in [-0.3, -0.25) is 0 Å². The maximum absolute atomic E-state index is 12.0. The Balaban J connectivity index is 2.26. The monoisotopic (exact) mass is 272 g/mol. The molecule has 0 N–H and O–H groups in total. The molecule has 1 aromatic heterocycles. The van der Waals surface area contributed by atoms with Gasteiger partial charge in [0.2, 0.25) is 10.0 Å². The Morgan fingerprint density at radius 2 is 2.28 bits per heavy atom. The maximum atomic E-state index is 12.0. The van der Waals surface area contributed by atoms with Crippen molar-refractivity contribution in [2.45, 2.75) is 45.6 Å². The first kappa shape index (κ1) is 13.5. The molecule has 102 valence electrons. The van der Waals surface area contributed by atoms with Gasteiger partial charge in [-0.1, -0.05) is 19.0 Å². The molecule has 6 heteroatoms. The quantitative estimate of drug-likeness (QED) is 0.843. The highest BCUT2D eigenvalue weighted by Gasteiger charge is 2.36. The van der Waals surface area contributed by atoms with Gasteiger partial charge in [0.05, 0.1) is 11.8 Å². The number of hydrogen-bond acceptors (Lipinski definition) is 4. The normalized spacial score (nSPS) is 21.9. The summed E-state index contributed by atoms with van der Waals surface area (Å²) in [5.74, 6) is 1.22. The zero-order valence-electron chi connectivity index (χ0n) is 11.1. The van der Waals surface area contributed by atoms with Gasteiger partial charge in [0.25, 0.3) is 0 Å². The zero-order valence-corrected chi connectivity index (χ0v) is 11.9. The molecule has 0 unspecified atom stereocenters. The van der Waals surface area contributed by atoms with Gasteiger partial charge in [0, 0.05) is 18.5 Å². The number of rotatable bonds is 4. The van der Waals surface area contributed by atoms with Crippen LogP contribution in [-0.2, 0) is 10.0 Å². The van der Waals surface area contributed by atoms with E-state index in [1.165, 1.54) is 0 Å². The van der Waals surface area contributed by atoms with Gasteiger partial charge in [-0.15, -0.1) is 0 Å². The third-order valence-electron chi connectivity index (χ3n) is 3.38. The first-order valence-corrected chi connectivity index (χ1v) is 8.02. The molecule has 2 rings (SSSR count). The Bertz CT molecular complexity index is 507. The summed E-state index contributed by atoms with van der Waals surface area (Å²) in [4.78, 5) is 0. The fraction of sp³-hybridized carbons (Fsp3) is 0.750. The van der Waals surface area contributed by atoms with Crippen molar-refractivity contribution in [1.82, 2.24) is 9.46 Å². The molecule has 0 aliphatic carbocycles. The van der Waals surface area contributed by atoms with E-state index in [1.807, 2.05) is 19.9 Å². The fourth-order valence-electron chi connectivity index (χ4n) is 2.27. The van der Waals surface area contributed by atoms with Crippen LogP contribution in [0.5, 0.6) is 0 Å². The van der Waals surface area contributed by atoms with Crippen LogP contribution in [-0.4, -0.2) is 30.2 Å².